The largest absolute Gasteiger partial charge is 0.355 e. The Hall–Kier alpha value is -2.56. The smallest absolute Gasteiger partial charge is 0.134 e. The highest BCUT2D eigenvalue weighted by atomic mass is 15.3. The zero-order valence-corrected chi connectivity index (χ0v) is 14.7. The number of benzene rings is 1. The van der Waals surface area contributed by atoms with Crippen LogP contribution in [0.1, 0.15) is 60.6 Å². The molecule has 3 fully saturated rings. The van der Waals surface area contributed by atoms with Crippen LogP contribution in [0.3, 0.4) is 0 Å². The molecule has 3 aliphatic rings. The number of nitrogens with zero attached hydrogens (tertiary/aromatic N) is 5. The molecule has 0 bridgehead atoms. The number of hydrogen-bond donors (Lipinski definition) is 0. The monoisotopic (exact) mass is 343 g/mol. The summed E-state index contributed by atoms with van der Waals surface area (Å²) in [4.78, 5) is 21.1. The first-order valence-electron chi connectivity index (χ1n) is 9.68. The van der Waals surface area contributed by atoms with Crippen LogP contribution >= 0.6 is 0 Å². The van der Waals surface area contributed by atoms with E-state index < -0.39 is 0 Å². The first-order valence-corrected chi connectivity index (χ1v) is 9.68. The number of aromatic nitrogens is 4. The molecule has 1 aromatic carbocycles. The van der Waals surface area contributed by atoms with E-state index in [9.17, 15) is 0 Å². The fourth-order valence-electron chi connectivity index (χ4n) is 3.94. The first kappa shape index (κ1) is 14.6. The molecule has 2 saturated carbocycles. The van der Waals surface area contributed by atoms with Crippen LogP contribution in [0.25, 0.3) is 10.9 Å². The summed E-state index contributed by atoms with van der Waals surface area (Å²) in [5.74, 6) is 3.94. The molecule has 0 atom stereocenters. The maximum Gasteiger partial charge on any atom is 0.134 e. The van der Waals surface area contributed by atoms with Gasteiger partial charge in [0.1, 0.15) is 18.0 Å². The average Bonchev–Trinajstić information content (AvgIpc) is 3.54. The SMILES string of the molecule is c1ccc2c(C3CN(c4cc(C5CC5)nc(C5CC5)n4)C3)ncnc2c1. The van der Waals surface area contributed by atoms with E-state index in [1.807, 2.05) is 6.07 Å². The standard InChI is InChI=1S/C21H21N5/c1-2-4-17-16(3-1)20(23-12-22-17)15-10-26(11-15)19-9-18(13-5-6-13)24-21(25-19)14-7-8-14/h1-4,9,12-15H,5-8,10-11H2. The topological polar surface area (TPSA) is 54.8 Å². The molecule has 1 saturated heterocycles. The van der Waals surface area contributed by atoms with Crippen LogP contribution in [0.5, 0.6) is 0 Å². The molecule has 0 amide bonds. The lowest BCUT2D eigenvalue weighted by Crippen LogP contribution is -2.46. The Labute approximate surface area is 152 Å². The molecule has 0 N–H and O–H groups in total. The van der Waals surface area contributed by atoms with Crippen molar-refractivity contribution in [2.24, 2.45) is 0 Å². The molecule has 5 heteroatoms. The van der Waals surface area contributed by atoms with Crippen molar-refractivity contribution in [3.63, 3.8) is 0 Å². The van der Waals surface area contributed by atoms with Crippen LogP contribution in [0, 0.1) is 0 Å². The predicted octanol–water partition coefficient (Wildman–Crippen LogP) is 3.78. The fourth-order valence-corrected chi connectivity index (χ4v) is 3.94. The maximum absolute atomic E-state index is 4.90. The molecule has 0 radical (unpaired) electrons. The third-order valence-corrected chi connectivity index (χ3v) is 5.85. The van der Waals surface area contributed by atoms with Crippen molar-refractivity contribution in [3.05, 3.63) is 53.9 Å². The van der Waals surface area contributed by atoms with Crippen LogP contribution in [-0.4, -0.2) is 33.0 Å². The van der Waals surface area contributed by atoms with Gasteiger partial charge in [0.25, 0.3) is 0 Å². The van der Waals surface area contributed by atoms with Crippen LogP contribution in [-0.2, 0) is 0 Å². The van der Waals surface area contributed by atoms with Gasteiger partial charge in [-0.1, -0.05) is 18.2 Å². The van der Waals surface area contributed by atoms with E-state index in [1.165, 1.54) is 42.5 Å². The van der Waals surface area contributed by atoms with E-state index >= 15 is 0 Å². The Balaban J connectivity index is 1.28. The first-order chi connectivity index (χ1) is 12.8. The number of rotatable bonds is 4. The molecule has 3 heterocycles. The van der Waals surface area contributed by atoms with Crippen LogP contribution < -0.4 is 4.90 Å². The molecule has 26 heavy (non-hydrogen) atoms. The van der Waals surface area contributed by atoms with Crippen molar-refractivity contribution in [3.8, 4) is 0 Å². The molecule has 130 valence electrons. The van der Waals surface area contributed by atoms with Crippen molar-refractivity contribution in [1.82, 2.24) is 19.9 Å². The second kappa shape index (κ2) is 5.47. The Bertz CT molecular complexity index is 951. The summed E-state index contributed by atoms with van der Waals surface area (Å²) in [7, 11) is 0. The summed E-state index contributed by atoms with van der Waals surface area (Å²) in [6.45, 7) is 1.96. The van der Waals surface area contributed by atoms with Crippen LogP contribution in [0.2, 0.25) is 0 Å². The molecular formula is C21H21N5. The van der Waals surface area contributed by atoms with Crippen LogP contribution in [0.4, 0.5) is 5.82 Å². The van der Waals surface area contributed by atoms with Crippen molar-refractivity contribution < 1.29 is 0 Å². The van der Waals surface area contributed by atoms with Gasteiger partial charge in [-0.25, -0.2) is 19.9 Å². The van der Waals surface area contributed by atoms with Gasteiger partial charge in [-0.2, -0.15) is 0 Å². The minimum Gasteiger partial charge on any atom is -0.355 e. The third-order valence-electron chi connectivity index (χ3n) is 5.85. The maximum atomic E-state index is 4.90. The Morgan fingerprint density at radius 1 is 0.846 bits per heavy atom. The van der Waals surface area contributed by atoms with Crippen molar-refractivity contribution in [2.75, 3.05) is 18.0 Å². The minimum atomic E-state index is 0.451. The summed E-state index contributed by atoms with van der Waals surface area (Å²) in [5, 5.41) is 1.18. The van der Waals surface area contributed by atoms with E-state index in [-0.39, 0.29) is 0 Å². The quantitative estimate of drug-likeness (QED) is 0.721. The molecule has 6 rings (SSSR count). The Kier molecular flexibility index (Phi) is 3.07. The highest BCUT2D eigenvalue weighted by Gasteiger charge is 2.35. The van der Waals surface area contributed by atoms with Gasteiger partial charge in [-0.3, -0.25) is 0 Å². The summed E-state index contributed by atoms with van der Waals surface area (Å²) in [5.41, 5.74) is 3.48. The van der Waals surface area contributed by atoms with Crippen molar-refractivity contribution >= 4 is 16.7 Å². The lowest BCUT2D eigenvalue weighted by molar-refractivity contribution is 0.510. The summed E-state index contributed by atoms with van der Waals surface area (Å²) in [6, 6.07) is 10.5. The number of fused-ring (bicyclic) bond motifs is 1. The van der Waals surface area contributed by atoms with Crippen molar-refractivity contribution in [1.29, 1.82) is 0 Å². The van der Waals surface area contributed by atoms with Gasteiger partial charge in [-0.05, 0) is 31.7 Å². The molecular weight excluding hydrogens is 322 g/mol. The van der Waals surface area contributed by atoms with Gasteiger partial charge >= 0.3 is 0 Å². The van der Waals surface area contributed by atoms with E-state index in [0.29, 0.717) is 17.8 Å². The van der Waals surface area contributed by atoms with E-state index in [4.69, 9.17) is 9.97 Å². The highest BCUT2D eigenvalue weighted by Crippen LogP contribution is 2.44. The van der Waals surface area contributed by atoms with Gasteiger partial charge in [-0.15, -0.1) is 0 Å². The summed E-state index contributed by atoms with van der Waals surface area (Å²) >= 11 is 0. The number of hydrogen-bond acceptors (Lipinski definition) is 5. The lowest BCUT2D eigenvalue weighted by atomic mass is 9.93. The molecule has 2 aliphatic carbocycles. The molecule has 0 unspecified atom stereocenters. The normalized spacial score (nSPS) is 20.4. The van der Waals surface area contributed by atoms with Gasteiger partial charge < -0.3 is 4.90 Å². The summed E-state index contributed by atoms with van der Waals surface area (Å²) in [6.07, 6.45) is 6.78. The zero-order valence-electron chi connectivity index (χ0n) is 14.7. The number of para-hydroxylation sites is 1. The van der Waals surface area contributed by atoms with Gasteiger partial charge in [0.15, 0.2) is 0 Å². The molecule has 2 aromatic heterocycles. The fraction of sp³-hybridized carbons (Fsp3) is 0.429. The molecule has 0 spiro atoms. The third kappa shape index (κ3) is 2.45. The van der Waals surface area contributed by atoms with Gasteiger partial charge in [0.2, 0.25) is 0 Å². The molecule has 3 aromatic rings. The van der Waals surface area contributed by atoms with Crippen molar-refractivity contribution in [2.45, 2.75) is 43.4 Å². The van der Waals surface area contributed by atoms with E-state index in [0.717, 1.165) is 30.2 Å². The van der Waals surface area contributed by atoms with Gasteiger partial charge in [0.05, 0.1) is 11.2 Å². The van der Waals surface area contributed by atoms with E-state index in [1.54, 1.807) is 6.33 Å². The predicted molar refractivity (Wildman–Crippen MR) is 100 cm³/mol. The van der Waals surface area contributed by atoms with E-state index in [2.05, 4.69) is 39.1 Å². The second-order valence-electron chi connectivity index (χ2n) is 7.94. The molecule has 1 aliphatic heterocycles. The molecule has 5 nitrogen and oxygen atoms in total. The average molecular weight is 343 g/mol. The second-order valence-corrected chi connectivity index (χ2v) is 7.94. The minimum absolute atomic E-state index is 0.451. The Morgan fingerprint density at radius 2 is 1.65 bits per heavy atom. The Morgan fingerprint density at radius 3 is 2.46 bits per heavy atom. The lowest BCUT2D eigenvalue weighted by Gasteiger charge is -2.40. The highest BCUT2D eigenvalue weighted by molar-refractivity contribution is 5.81. The van der Waals surface area contributed by atoms with Gasteiger partial charge in [0, 0.05) is 48.0 Å². The number of anilines is 1. The van der Waals surface area contributed by atoms with Crippen LogP contribution in [0.15, 0.2) is 36.7 Å². The zero-order chi connectivity index (χ0) is 17.1. The summed E-state index contributed by atoms with van der Waals surface area (Å²) < 4.78 is 0.